The Morgan fingerprint density at radius 1 is 1.07 bits per heavy atom. The number of benzene rings is 1. The fourth-order valence-electron chi connectivity index (χ4n) is 3.97. The number of aromatic nitrogens is 3. The molecule has 3 rings (SSSR count). The molecule has 0 aliphatic rings. The molecule has 12 heteroatoms. The molecule has 0 aliphatic heterocycles. The van der Waals surface area contributed by atoms with Gasteiger partial charge in [0.15, 0.2) is 6.10 Å². The molecule has 2 aromatic heterocycles. The molecular formula is C29H36F3N5O4. The minimum absolute atomic E-state index is 0.167. The van der Waals surface area contributed by atoms with E-state index in [9.17, 15) is 27.9 Å². The Labute approximate surface area is 237 Å². The fourth-order valence-corrected chi connectivity index (χ4v) is 3.97. The van der Waals surface area contributed by atoms with E-state index < -0.39 is 47.4 Å². The van der Waals surface area contributed by atoms with E-state index >= 15 is 0 Å². The van der Waals surface area contributed by atoms with E-state index in [2.05, 4.69) is 20.7 Å². The van der Waals surface area contributed by atoms with E-state index in [1.54, 1.807) is 35.1 Å². The lowest BCUT2D eigenvalue weighted by atomic mass is 9.89. The molecule has 41 heavy (non-hydrogen) atoms. The van der Waals surface area contributed by atoms with E-state index in [1.165, 1.54) is 18.3 Å². The molecule has 1 aromatic carbocycles. The Bertz CT molecular complexity index is 1270. The van der Waals surface area contributed by atoms with Gasteiger partial charge in [-0.15, -0.1) is 0 Å². The van der Waals surface area contributed by atoms with Crippen molar-refractivity contribution in [2.24, 2.45) is 5.41 Å². The summed E-state index contributed by atoms with van der Waals surface area (Å²) in [7, 11) is 0. The number of carbonyl (C=O) groups is 2. The van der Waals surface area contributed by atoms with Crippen LogP contribution in [0, 0.1) is 5.41 Å². The van der Waals surface area contributed by atoms with E-state index in [0.29, 0.717) is 24.1 Å². The third-order valence-electron chi connectivity index (χ3n) is 6.45. The number of ether oxygens (including phenoxy) is 1. The highest BCUT2D eigenvalue weighted by atomic mass is 19.4. The van der Waals surface area contributed by atoms with E-state index in [1.807, 2.05) is 27.7 Å². The third kappa shape index (κ3) is 9.31. The Morgan fingerprint density at radius 2 is 1.78 bits per heavy atom. The number of alkyl halides is 3. The zero-order valence-electron chi connectivity index (χ0n) is 23.5. The van der Waals surface area contributed by atoms with Gasteiger partial charge in [0.25, 0.3) is 5.91 Å². The van der Waals surface area contributed by atoms with Crippen LogP contribution in [0.2, 0.25) is 0 Å². The quantitative estimate of drug-likeness (QED) is 0.271. The highest BCUT2D eigenvalue weighted by Crippen LogP contribution is 2.31. The van der Waals surface area contributed by atoms with Gasteiger partial charge in [-0.3, -0.25) is 9.48 Å². The van der Waals surface area contributed by atoms with E-state index in [4.69, 9.17) is 4.74 Å². The van der Waals surface area contributed by atoms with Crippen molar-refractivity contribution in [2.75, 3.05) is 5.32 Å². The molecule has 0 fully saturated rings. The smallest absolute Gasteiger partial charge is 0.416 e. The van der Waals surface area contributed by atoms with Crippen molar-refractivity contribution in [2.45, 2.75) is 77.9 Å². The minimum atomic E-state index is -4.43. The maximum atomic E-state index is 13.0. The zero-order chi connectivity index (χ0) is 30.2. The first-order chi connectivity index (χ1) is 19.3. The van der Waals surface area contributed by atoms with Crippen LogP contribution >= 0.6 is 0 Å². The van der Waals surface area contributed by atoms with Gasteiger partial charge in [-0.05, 0) is 36.8 Å². The summed E-state index contributed by atoms with van der Waals surface area (Å²) in [6.07, 6.45) is -2.49. The molecule has 0 unspecified atom stereocenters. The van der Waals surface area contributed by atoms with Crippen LogP contribution in [0.3, 0.4) is 0 Å². The van der Waals surface area contributed by atoms with Gasteiger partial charge < -0.3 is 20.5 Å². The SMILES string of the molecule is CCCC[C@H](NC(=O)O[C@H](Cn1ccc(-c2ccc(C(F)(F)F)cc2)n1)C(C)(C)C)[C@@H](O)C(=O)Nc1ccccn1. The monoisotopic (exact) mass is 575 g/mol. The number of amides is 2. The number of anilines is 1. The molecule has 2 amide bonds. The number of hydrogen-bond acceptors (Lipinski definition) is 6. The molecule has 0 bridgehead atoms. The van der Waals surface area contributed by atoms with Crippen molar-refractivity contribution in [1.82, 2.24) is 20.1 Å². The summed E-state index contributed by atoms with van der Waals surface area (Å²) in [4.78, 5) is 29.6. The summed E-state index contributed by atoms with van der Waals surface area (Å²) in [5.41, 5.74) is -0.285. The number of pyridine rings is 1. The molecule has 2 heterocycles. The molecule has 0 radical (unpaired) electrons. The Kier molecular flexibility index (Phi) is 10.5. The maximum absolute atomic E-state index is 13.0. The highest BCUT2D eigenvalue weighted by Gasteiger charge is 2.33. The van der Waals surface area contributed by atoms with Crippen LogP contribution in [0.25, 0.3) is 11.3 Å². The number of halogens is 3. The maximum Gasteiger partial charge on any atom is 0.416 e. The van der Waals surface area contributed by atoms with E-state index in [-0.39, 0.29) is 12.4 Å². The third-order valence-corrected chi connectivity index (χ3v) is 6.45. The summed E-state index contributed by atoms with van der Waals surface area (Å²) in [5.74, 6) is -0.430. The number of unbranched alkanes of at least 4 members (excludes halogenated alkanes) is 1. The van der Waals surface area contributed by atoms with Crippen LogP contribution in [0.5, 0.6) is 0 Å². The molecule has 3 aromatic rings. The topological polar surface area (TPSA) is 118 Å². The molecule has 0 spiro atoms. The number of nitrogens with zero attached hydrogens (tertiary/aromatic N) is 3. The Morgan fingerprint density at radius 3 is 2.37 bits per heavy atom. The lowest BCUT2D eigenvalue weighted by molar-refractivity contribution is -0.137. The van der Waals surface area contributed by atoms with Crippen molar-refractivity contribution in [3.63, 3.8) is 0 Å². The molecule has 0 saturated heterocycles. The summed E-state index contributed by atoms with van der Waals surface area (Å²) in [6, 6.07) is 10.4. The molecule has 222 valence electrons. The first kappa shape index (κ1) is 31.6. The molecule has 0 aliphatic carbocycles. The van der Waals surface area contributed by atoms with Crippen molar-refractivity contribution in [1.29, 1.82) is 0 Å². The van der Waals surface area contributed by atoms with Gasteiger partial charge >= 0.3 is 12.3 Å². The fraction of sp³-hybridized carbons (Fsp3) is 0.448. The molecule has 9 nitrogen and oxygen atoms in total. The molecule has 3 atom stereocenters. The number of rotatable bonds is 11. The number of hydrogen-bond donors (Lipinski definition) is 3. The molecular weight excluding hydrogens is 539 g/mol. The largest absolute Gasteiger partial charge is 0.444 e. The first-order valence-corrected chi connectivity index (χ1v) is 13.4. The van der Waals surface area contributed by atoms with Crippen molar-refractivity contribution < 1.29 is 32.6 Å². The van der Waals surface area contributed by atoms with Gasteiger partial charge in [-0.25, -0.2) is 9.78 Å². The van der Waals surface area contributed by atoms with Crippen molar-refractivity contribution >= 4 is 17.8 Å². The second-order valence-electron chi connectivity index (χ2n) is 10.8. The van der Waals surface area contributed by atoms with Crippen molar-refractivity contribution in [3.05, 3.63) is 66.5 Å². The van der Waals surface area contributed by atoms with Crippen LogP contribution in [0.4, 0.5) is 23.8 Å². The summed E-state index contributed by atoms with van der Waals surface area (Å²) in [6.45, 7) is 7.77. The zero-order valence-corrected chi connectivity index (χ0v) is 23.5. The van der Waals surface area contributed by atoms with Gasteiger partial charge in [0, 0.05) is 23.4 Å². The number of alkyl carbamates (subject to hydrolysis) is 1. The Hall–Kier alpha value is -3.93. The molecule has 0 saturated carbocycles. The number of carbonyl (C=O) groups excluding carboxylic acids is 2. The van der Waals surface area contributed by atoms with Crippen molar-refractivity contribution in [3.8, 4) is 11.3 Å². The van der Waals surface area contributed by atoms with Gasteiger partial charge in [-0.1, -0.05) is 58.7 Å². The minimum Gasteiger partial charge on any atom is -0.444 e. The highest BCUT2D eigenvalue weighted by molar-refractivity contribution is 5.94. The summed E-state index contributed by atoms with van der Waals surface area (Å²) < 4.78 is 46.0. The first-order valence-electron chi connectivity index (χ1n) is 13.4. The average molecular weight is 576 g/mol. The van der Waals surface area contributed by atoms with Crippen LogP contribution < -0.4 is 10.6 Å². The lowest BCUT2D eigenvalue weighted by Gasteiger charge is -2.31. The number of nitrogens with one attached hydrogen (secondary N) is 2. The van der Waals surface area contributed by atoms with Gasteiger partial charge in [0.2, 0.25) is 0 Å². The van der Waals surface area contributed by atoms with Gasteiger partial charge in [-0.2, -0.15) is 18.3 Å². The van der Waals surface area contributed by atoms with Gasteiger partial charge in [0.05, 0.1) is 23.8 Å². The van der Waals surface area contributed by atoms with Crippen LogP contribution in [0.15, 0.2) is 60.9 Å². The van der Waals surface area contributed by atoms with Crippen LogP contribution in [-0.4, -0.2) is 50.1 Å². The van der Waals surface area contributed by atoms with E-state index in [0.717, 1.165) is 18.6 Å². The summed E-state index contributed by atoms with van der Waals surface area (Å²) >= 11 is 0. The average Bonchev–Trinajstić information content (AvgIpc) is 3.38. The Balaban J connectivity index is 1.67. The second kappa shape index (κ2) is 13.6. The standard InChI is InChI=1S/C29H36F3N5O4/c1-5-6-9-22(25(38)26(39)35-24-10-7-8-16-33-24)34-27(40)41-23(28(2,3)4)18-37-17-15-21(36-37)19-11-13-20(14-12-19)29(30,31)32/h7-8,10-17,22-23,25,38H,5-6,9,18H2,1-4H3,(H,34,40)(H,33,35,39)/t22-,23+,25+/m0/s1. The van der Waals surface area contributed by atoms with Crippen LogP contribution in [0.1, 0.15) is 52.5 Å². The predicted octanol–water partition coefficient (Wildman–Crippen LogP) is 5.66. The molecule has 3 N–H and O–H groups in total. The number of aliphatic hydroxyl groups is 1. The normalized spacial score (nSPS) is 14.1. The number of aliphatic hydroxyl groups excluding tert-OH is 1. The van der Waals surface area contributed by atoms with Crippen LogP contribution in [-0.2, 0) is 22.3 Å². The van der Waals surface area contributed by atoms with Gasteiger partial charge in [0.1, 0.15) is 11.9 Å². The second-order valence-corrected chi connectivity index (χ2v) is 10.8. The predicted molar refractivity (Wildman–Crippen MR) is 148 cm³/mol. The lowest BCUT2D eigenvalue weighted by Crippen LogP contribution is -2.50. The summed E-state index contributed by atoms with van der Waals surface area (Å²) in [5, 5.41) is 20.4.